The molecule has 28 heavy (non-hydrogen) atoms. The molecule has 1 heterocycles. The minimum absolute atomic E-state index is 0.0942. The third kappa shape index (κ3) is 4.43. The van der Waals surface area contributed by atoms with Gasteiger partial charge < -0.3 is 9.15 Å². The third-order valence-corrected chi connectivity index (χ3v) is 5.53. The van der Waals surface area contributed by atoms with Crippen LogP contribution in [0.5, 0.6) is 5.75 Å². The highest BCUT2D eigenvalue weighted by atomic mass is 32.2. The molecule has 0 saturated carbocycles. The SMILES string of the molecule is COc1ccc(Cc2nnc(SC(c3ccccc3)c3ccccc3)o2)cc1. The molecule has 0 N–H and O–H groups in total. The minimum Gasteiger partial charge on any atom is -0.497 e. The van der Waals surface area contributed by atoms with Crippen molar-refractivity contribution in [1.29, 1.82) is 0 Å². The van der Waals surface area contributed by atoms with Gasteiger partial charge in [0, 0.05) is 0 Å². The van der Waals surface area contributed by atoms with Crippen LogP contribution >= 0.6 is 11.8 Å². The molecule has 0 fully saturated rings. The zero-order valence-electron chi connectivity index (χ0n) is 15.5. The average molecular weight is 388 g/mol. The van der Waals surface area contributed by atoms with E-state index in [1.165, 1.54) is 11.1 Å². The summed E-state index contributed by atoms with van der Waals surface area (Å²) in [6.07, 6.45) is 0.596. The highest BCUT2D eigenvalue weighted by molar-refractivity contribution is 7.99. The average Bonchev–Trinajstić information content (AvgIpc) is 3.21. The zero-order chi connectivity index (χ0) is 19.2. The quantitative estimate of drug-likeness (QED) is 0.388. The van der Waals surface area contributed by atoms with Crippen molar-refractivity contribution >= 4 is 11.8 Å². The summed E-state index contributed by atoms with van der Waals surface area (Å²) in [4.78, 5) is 0. The van der Waals surface area contributed by atoms with Gasteiger partial charge in [-0.15, -0.1) is 10.2 Å². The number of aromatic nitrogens is 2. The number of benzene rings is 3. The van der Waals surface area contributed by atoms with Gasteiger partial charge in [0.25, 0.3) is 5.22 Å². The number of methoxy groups -OCH3 is 1. The van der Waals surface area contributed by atoms with Gasteiger partial charge in [-0.1, -0.05) is 84.6 Å². The summed E-state index contributed by atoms with van der Waals surface area (Å²) in [6.45, 7) is 0. The van der Waals surface area contributed by atoms with E-state index in [9.17, 15) is 0 Å². The smallest absolute Gasteiger partial charge is 0.277 e. The van der Waals surface area contributed by atoms with E-state index in [1.54, 1.807) is 18.9 Å². The first kappa shape index (κ1) is 18.3. The number of ether oxygens (including phenoxy) is 1. The topological polar surface area (TPSA) is 48.2 Å². The molecule has 4 aromatic rings. The summed E-state index contributed by atoms with van der Waals surface area (Å²) in [7, 11) is 1.66. The second-order valence-corrected chi connectivity index (χ2v) is 7.36. The number of hydrogen-bond donors (Lipinski definition) is 0. The summed E-state index contributed by atoms with van der Waals surface area (Å²) in [6, 6.07) is 28.6. The molecule has 0 atom stereocenters. The highest BCUT2D eigenvalue weighted by Gasteiger charge is 2.19. The fourth-order valence-corrected chi connectivity index (χ4v) is 3.98. The summed E-state index contributed by atoms with van der Waals surface area (Å²) >= 11 is 1.57. The lowest BCUT2D eigenvalue weighted by atomic mass is 10.0. The Morgan fingerprint density at radius 2 is 1.43 bits per heavy atom. The van der Waals surface area contributed by atoms with E-state index in [2.05, 4.69) is 58.7 Å². The van der Waals surface area contributed by atoms with Crippen molar-refractivity contribution in [2.45, 2.75) is 16.9 Å². The molecule has 4 rings (SSSR count). The molecule has 1 aromatic heterocycles. The van der Waals surface area contributed by atoms with Gasteiger partial charge in [-0.2, -0.15) is 0 Å². The molecule has 0 amide bonds. The summed E-state index contributed by atoms with van der Waals surface area (Å²) in [5, 5.41) is 9.15. The fraction of sp³-hybridized carbons (Fsp3) is 0.130. The van der Waals surface area contributed by atoms with Crippen molar-refractivity contribution in [2.75, 3.05) is 7.11 Å². The summed E-state index contributed by atoms with van der Waals surface area (Å²) in [5.74, 6) is 1.44. The monoisotopic (exact) mass is 388 g/mol. The van der Waals surface area contributed by atoms with E-state index in [4.69, 9.17) is 9.15 Å². The predicted molar refractivity (Wildman–Crippen MR) is 111 cm³/mol. The molecule has 0 radical (unpaired) electrons. The van der Waals surface area contributed by atoms with Crippen LogP contribution in [-0.2, 0) is 6.42 Å². The highest BCUT2D eigenvalue weighted by Crippen LogP contribution is 2.39. The van der Waals surface area contributed by atoms with Crippen molar-refractivity contribution < 1.29 is 9.15 Å². The molecule has 0 aliphatic carbocycles. The second-order valence-electron chi connectivity index (χ2n) is 6.31. The van der Waals surface area contributed by atoms with Gasteiger partial charge in [-0.3, -0.25) is 0 Å². The Morgan fingerprint density at radius 1 is 0.821 bits per heavy atom. The lowest BCUT2D eigenvalue weighted by Crippen LogP contribution is -1.96. The minimum atomic E-state index is 0.0942. The van der Waals surface area contributed by atoms with Crippen molar-refractivity contribution in [1.82, 2.24) is 10.2 Å². The molecule has 140 valence electrons. The zero-order valence-corrected chi connectivity index (χ0v) is 16.3. The molecular weight excluding hydrogens is 368 g/mol. The summed E-state index contributed by atoms with van der Waals surface area (Å²) < 4.78 is 11.1. The van der Waals surface area contributed by atoms with E-state index < -0.39 is 0 Å². The number of thioether (sulfide) groups is 1. The van der Waals surface area contributed by atoms with Crippen LogP contribution < -0.4 is 4.74 Å². The number of hydrogen-bond acceptors (Lipinski definition) is 5. The molecule has 0 spiro atoms. The Bertz CT molecular complexity index is 962. The van der Waals surface area contributed by atoms with Crippen LogP contribution in [0.3, 0.4) is 0 Å². The maximum Gasteiger partial charge on any atom is 0.277 e. The second kappa shape index (κ2) is 8.76. The van der Waals surface area contributed by atoms with Crippen LogP contribution in [0.25, 0.3) is 0 Å². The number of nitrogens with zero attached hydrogens (tertiary/aromatic N) is 2. The van der Waals surface area contributed by atoms with E-state index in [0.717, 1.165) is 11.3 Å². The first-order chi connectivity index (χ1) is 13.8. The molecule has 0 bridgehead atoms. The number of rotatable bonds is 7. The molecular formula is C23H20N2O2S. The Hall–Kier alpha value is -3.05. The molecule has 3 aromatic carbocycles. The van der Waals surface area contributed by atoms with Crippen LogP contribution in [0.15, 0.2) is 94.6 Å². The van der Waals surface area contributed by atoms with Gasteiger partial charge in [0.1, 0.15) is 5.75 Å². The maximum atomic E-state index is 5.93. The van der Waals surface area contributed by atoms with E-state index in [-0.39, 0.29) is 5.25 Å². The molecule has 0 unspecified atom stereocenters. The van der Waals surface area contributed by atoms with Gasteiger partial charge in [0.2, 0.25) is 5.89 Å². The van der Waals surface area contributed by atoms with E-state index >= 15 is 0 Å². The lowest BCUT2D eigenvalue weighted by Gasteiger charge is -2.15. The molecule has 0 aliphatic rings. The Labute approximate surface area is 168 Å². The van der Waals surface area contributed by atoms with Crippen molar-refractivity contribution in [3.63, 3.8) is 0 Å². The van der Waals surface area contributed by atoms with Gasteiger partial charge in [-0.25, -0.2) is 0 Å². The third-order valence-electron chi connectivity index (χ3n) is 4.39. The molecule has 0 saturated heterocycles. The predicted octanol–water partition coefficient (Wildman–Crippen LogP) is 5.55. The van der Waals surface area contributed by atoms with Crippen molar-refractivity contribution in [2.24, 2.45) is 0 Å². The Balaban J connectivity index is 1.53. The van der Waals surface area contributed by atoms with Crippen molar-refractivity contribution in [3.05, 3.63) is 108 Å². The molecule has 5 heteroatoms. The van der Waals surface area contributed by atoms with Crippen molar-refractivity contribution in [3.8, 4) is 5.75 Å². The van der Waals surface area contributed by atoms with Gasteiger partial charge in [0.05, 0.1) is 18.8 Å². The molecule has 4 nitrogen and oxygen atoms in total. The van der Waals surface area contributed by atoms with Crippen LogP contribution in [-0.4, -0.2) is 17.3 Å². The maximum absolute atomic E-state index is 5.93. The standard InChI is InChI=1S/C23H20N2O2S/c1-26-20-14-12-17(13-15-20)16-21-24-25-23(27-21)28-22(18-8-4-2-5-9-18)19-10-6-3-7-11-19/h2-15,22H,16H2,1H3. The lowest BCUT2D eigenvalue weighted by molar-refractivity contribution is 0.413. The largest absolute Gasteiger partial charge is 0.497 e. The van der Waals surface area contributed by atoms with E-state index in [0.29, 0.717) is 17.5 Å². The van der Waals surface area contributed by atoms with E-state index in [1.807, 2.05) is 36.4 Å². The van der Waals surface area contributed by atoms with Crippen LogP contribution in [0, 0.1) is 0 Å². The summed E-state index contributed by atoms with van der Waals surface area (Å²) in [5.41, 5.74) is 3.51. The van der Waals surface area contributed by atoms with Gasteiger partial charge in [-0.05, 0) is 28.8 Å². The fourth-order valence-electron chi connectivity index (χ4n) is 2.96. The van der Waals surface area contributed by atoms with Crippen LogP contribution in [0.1, 0.15) is 27.8 Å². The van der Waals surface area contributed by atoms with Gasteiger partial charge >= 0.3 is 0 Å². The molecule has 0 aliphatic heterocycles. The Morgan fingerprint density at radius 3 is 2.00 bits per heavy atom. The first-order valence-corrected chi connectivity index (χ1v) is 9.91. The first-order valence-electron chi connectivity index (χ1n) is 9.03. The normalized spacial score (nSPS) is 10.9. The van der Waals surface area contributed by atoms with Gasteiger partial charge in [0.15, 0.2) is 0 Å². The van der Waals surface area contributed by atoms with Crippen LogP contribution in [0.4, 0.5) is 0 Å². The Kier molecular flexibility index (Phi) is 5.73. The van der Waals surface area contributed by atoms with Crippen LogP contribution in [0.2, 0.25) is 0 Å².